The molecule has 0 spiro atoms. The zero-order chi connectivity index (χ0) is 16.9. The summed E-state index contributed by atoms with van der Waals surface area (Å²) in [5.74, 6) is 2.45. The molecule has 2 aliphatic rings. The number of halogens is 3. The minimum Gasteiger partial charge on any atom is -0.495 e. The van der Waals surface area contributed by atoms with Gasteiger partial charge in [-0.25, -0.2) is 0 Å². The molecule has 0 bridgehead atoms. The smallest absolute Gasteiger partial charge is 0.137 e. The molecule has 1 N–H and O–H groups in total. The highest BCUT2D eigenvalue weighted by atomic mass is 79.9. The van der Waals surface area contributed by atoms with Crippen LogP contribution >= 0.6 is 40.7 Å². The van der Waals surface area contributed by atoms with E-state index in [1.54, 1.807) is 14.2 Å². The minimum atomic E-state index is 0. The third-order valence-electron chi connectivity index (χ3n) is 5.45. The molecule has 0 aromatic heterocycles. The number of nitrogens with one attached hydrogen (secondary N) is 1. The molecular weight excluding hydrogens is 439 g/mol. The number of ether oxygens (including phenoxy) is 2. The van der Waals surface area contributed by atoms with Crippen molar-refractivity contribution in [2.75, 3.05) is 40.4 Å². The summed E-state index contributed by atoms with van der Waals surface area (Å²) in [5.41, 5.74) is 1.33. The van der Waals surface area contributed by atoms with Crippen molar-refractivity contribution >= 4 is 40.7 Å². The Bertz CT molecular complexity index is 507. The first-order valence-electron chi connectivity index (χ1n) is 9.10. The van der Waals surface area contributed by atoms with Crippen LogP contribution in [0.4, 0.5) is 0 Å². The van der Waals surface area contributed by atoms with Crippen molar-refractivity contribution < 1.29 is 9.47 Å². The van der Waals surface area contributed by atoms with Crippen LogP contribution in [0.25, 0.3) is 0 Å². The molecule has 1 aromatic rings. The number of benzene rings is 1. The highest BCUT2D eigenvalue weighted by Crippen LogP contribution is 2.43. The van der Waals surface area contributed by atoms with Crippen LogP contribution in [0.2, 0.25) is 0 Å². The van der Waals surface area contributed by atoms with Gasteiger partial charge < -0.3 is 14.8 Å². The van der Waals surface area contributed by atoms with Crippen LogP contribution in [0, 0.1) is 5.92 Å². The molecule has 3 rings (SSSR count). The SMILES string of the molecule is COc1cc([C@@H](C2CCCCC2)N2CCNCC2)cc(OC)c1Br.Cl.Cl. The Hall–Kier alpha value is -0.200. The maximum Gasteiger partial charge on any atom is 0.137 e. The molecule has 1 heterocycles. The van der Waals surface area contributed by atoms with E-state index in [1.165, 1.54) is 37.7 Å². The molecule has 1 saturated heterocycles. The van der Waals surface area contributed by atoms with Crippen molar-refractivity contribution in [1.29, 1.82) is 0 Å². The van der Waals surface area contributed by atoms with Gasteiger partial charge in [-0.1, -0.05) is 19.3 Å². The number of rotatable bonds is 5. The van der Waals surface area contributed by atoms with Gasteiger partial charge in [0.2, 0.25) is 0 Å². The van der Waals surface area contributed by atoms with Crippen molar-refractivity contribution in [3.05, 3.63) is 22.2 Å². The fourth-order valence-corrected chi connectivity index (χ4v) is 4.80. The fraction of sp³-hybridized carbons (Fsp3) is 0.684. The van der Waals surface area contributed by atoms with Gasteiger partial charge >= 0.3 is 0 Å². The molecule has 1 aromatic carbocycles. The number of methoxy groups -OCH3 is 2. The largest absolute Gasteiger partial charge is 0.495 e. The molecule has 0 unspecified atom stereocenters. The predicted octanol–water partition coefficient (Wildman–Crippen LogP) is 4.84. The molecule has 1 aliphatic carbocycles. The summed E-state index contributed by atoms with van der Waals surface area (Å²) in [7, 11) is 3.45. The first-order chi connectivity index (χ1) is 11.7. The van der Waals surface area contributed by atoms with E-state index in [-0.39, 0.29) is 24.8 Å². The molecular formula is C19H31BrCl2N2O2. The van der Waals surface area contributed by atoms with Crippen LogP contribution in [0.1, 0.15) is 43.7 Å². The second kappa shape index (κ2) is 11.6. The van der Waals surface area contributed by atoms with Gasteiger partial charge in [0.05, 0.1) is 14.2 Å². The Morgan fingerprint density at radius 3 is 2.04 bits per heavy atom. The van der Waals surface area contributed by atoms with Crippen molar-refractivity contribution in [2.24, 2.45) is 5.92 Å². The van der Waals surface area contributed by atoms with Gasteiger partial charge in [0.1, 0.15) is 16.0 Å². The van der Waals surface area contributed by atoms with Gasteiger partial charge in [0.25, 0.3) is 0 Å². The van der Waals surface area contributed by atoms with Crippen LogP contribution in [0.3, 0.4) is 0 Å². The molecule has 26 heavy (non-hydrogen) atoms. The van der Waals surface area contributed by atoms with Gasteiger partial charge in [-0.2, -0.15) is 0 Å². The standard InChI is InChI=1S/C19H29BrN2O2.2ClH/c1-23-16-12-15(13-17(24-2)18(16)20)19(14-6-4-3-5-7-14)22-10-8-21-9-11-22;;/h12-14,19,21H,3-11H2,1-2H3;2*1H/t19-;;/m1../s1. The maximum atomic E-state index is 5.60. The second-order valence-corrected chi connectivity index (χ2v) is 7.66. The van der Waals surface area contributed by atoms with Crippen molar-refractivity contribution in [1.82, 2.24) is 10.2 Å². The molecule has 4 nitrogen and oxygen atoms in total. The van der Waals surface area contributed by atoms with Crippen LogP contribution in [0.5, 0.6) is 11.5 Å². The van der Waals surface area contributed by atoms with E-state index in [0.717, 1.165) is 48.1 Å². The number of nitrogens with zero attached hydrogens (tertiary/aromatic N) is 1. The summed E-state index contributed by atoms with van der Waals surface area (Å²) in [6.07, 6.45) is 6.76. The average Bonchev–Trinajstić information content (AvgIpc) is 2.65. The first-order valence-corrected chi connectivity index (χ1v) is 9.90. The zero-order valence-corrected chi connectivity index (χ0v) is 18.9. The van der Waals surface area contributed by atoms with E-state index in [9.17, 15) is 0 Å². The average molecular weight is 470 g/mol. The van der Waals surface area contributed by atoms with Gasteiger partial charge in [0, 0.05) is 32.2 Å². The summed E-state index contributed by atoms with van der Waals surface area (Å²) < 4.78 is 12.1. The summed E-state index contributed by atoms with van der Waals surface area (Å²) in [6, 6.07) is 4.87. The topological polar surface area (TPSA) is 33.7 Å². The van der Waals surface area contributed by atoms with Crippen LogP contribution in [0.15, 0.2) is 16.6 Å². The summed E-state index contributed by atoms with van der Waals surface area (Å²) in [6.45, 7) is 4.38. The minimum absolute atomic E-state index is 0. The molecule has 1 atom stereocenters. The highest BCUT2D eigenvalue weighted by molar-refractivity contribution is 9.10. The van der Waals surface area contributed by atoms with E-state index in [1.807, 2.05) is 0 Å². The van der Waals surface area contributed by atoms with E-state index in [2.05, 4.69) is 38.3 Å². The van der Waals surface area contributed by atoms with E-state index in [4.69, 9.17) is 9.47 Å². The van der Waals surface area contributed by atoms with Crippen molar-refractivity contribution in [2.45, 2.75) is 38.1 Å². The van der Waals surface area contributed by atoms with Gasteiger partial charge in [-0.05, 0) is 52.4 Å². The molecule has 0 radical (unpaired) electrons. The fourth-order valence-electron chi connectivity index (χ4n) is 4.25. The van der Waals surface area contributed by atoms with Gasteiger partial charge in [-0.3, -0.25) is 4.90 Å². The monoisotopic (exact) mass is 468 g/mol. The van der Waals surface area contributed by atoms with Gasteiger partial charge in [-0.15, -0.1) is 24.8 Å². The Labute approximate surface area is 178 Å². The van der Waals surface area contributed by atoms with Crippen LogP contribution in [-0.2, 0) is 0 Å². The predicted molar refractivity (Wildman–Crippen MR) is 116 cm³/mol. The molecule has 150 valence electrons. The zero-order valence-electron chi connectivity index (χ0n) is 15.6. The van der Waals surface area contributed by atoms with Gasteiger partial charge in [0.15, 0.2) is 0 Å². The number of hydrogen-bond donors (Lipinski definition) is 1. The quantitative estimate of drug-likeness (QED) is 0.669. The van der Waals surface area contributed by atoms with Crippen LogP contribution < -0.4 is 14.8 Å². The molecule has 2 fully saturated rings. The molecule has 7 heteroatoms. The molecule has 1 aliphatic heterocycles. The van der Waals surface area contributed by atoms with Crippen molar-refractivity contribution in [3.63, 3.8) is 0 Å². The molecule has 1 saturated carbocycles. The Morgan fingerprint density at radius 1 is 1.00 bits per heavy atom. The summed E-state index contributed by atoms with van der Waals surface area (Å²) in [5, 5.41) is 3.48. The Kier molecular flexibility index (Phi) is 10.6. The van der Waals surface area contributed by atoms with E-state index in [0.29, 0.717) is 6.04 Å². The third-order valence-corrected chi connectivity index (χ3v) is 6.23. The van der Waals surface area contributed by atoms with Crippen molar-refractivity contribution in [3.8, 4) is 11.5 Å². The lowest BCUT2D eigenvalue weighted by Gasteiger charge is -2.41. The second-order valence-electron chi connectivity index (χ2n) is 6.87. The highest BCUT2D eigenvalue weighted by Gasteiger charge is 2.32. The lowest BCUT2D eigenvalue weighted by Crippen LogP contribution is -2.47. The van der Waals surface area contributed by atoms with E-state index < -0.39 is 0 Å². The molecule has 0 amide bonds. The maximum absolute atomic E-state index is 5.60. The number of piperazine rings is 1. The lowest BCUT2D eigenvalue weighted by atomic mass is 9.80. The normalized spacial score (nSPS) is 19.8. The Balaban J connectivity index is 0.00000169. The lowest BCUT2D eigenvalue weighted by molar-refractivity contribution is 0.103. The summed E-state index contributed by atoms with van der Waals surface area (Å²) in [4.78, 5) is 2.66. The summed E-state index contributed by atoms with van der Waals surface area (Å²) >= 11 is 3.60. The van der Waals surface area contributed by atoms with E-state index >= 15 is 0 Å². The first kappa shape index (κ1) is 23.8. The third kappa shape index (κ3) is 5.41. The number of hydrogen-bond acceptors (Lipinski definition) is 4. The van der Waals surface area contributed by atoms with Crippen LogP contribution in [-0.4, -0.2) is 45.3 Å². The Morgan fingerprint density at radius 2 is 1.54 bits per heavy atom.